The number of hydrogen-bond acceptors (Lipinski definition) is 21. The van der Waals surface area contributed by atoms with Crippen LogP contribution in [0.25, 0.3) is 0 Å². The molecule has 0 fully saturated rings. The topological polar surface area (TPSA) is 328 Å². The first-order valence-electron chi connectivity index (χ1n) is 13.8. The van der Waals surface area contributed by atoms with Crippen molar-refractivity contribution in [3.05, 3.63) is 18.2 Å². The summed E-state index contributed by atoms with van der Waals surface area (Å²) in [5.41, 5.74) is 0.0534. The Kier molecular flexibility index (Phi) is 16.0. The van der Waals surface area contributed by atoms with E-state index in [0.717, 1.165) is 12.1 Å². The maximum absolute atomic E-state index is 12.1. The second-order valence-electron chi connectivity index (χ2n) is 9.95. The van der Waals surface area contributed by atoms with Crippen molar-refractivity contribution in [3.63, 3.8) is 0 Å². The largest absolute Gasteiger partial charge is 1.00 e. The first kappa shape index (κ1) is 39.9. The minimum absolute atomic E-state index is 0. The summed E-state index contributed by atoms with van der Waals surface area (Å²) in [6.07, 6.45) is -2.25. The average Bonchev–Trinajstić information content (AvgIpc) is 3.01. The monoisotopic (exact) mass is 692 g/mol. The third-order valence-electron chi connectivity index (χ3n) is 5.69. The summed E-state index contributed by atoms with van der Waals surface area (Å²) in [6.45, 7) is 1.50. The Morgan fingerprint density at radius 2 is 1.00 bits per heavy atom. The molecule has 0 aliphatic rings. The third kappa shape index (κ3) is 13.4. The van der Waals surface area contributed by atoms with Gasteiger partial charge in [-0.15, -0.1) is 0 Å². The van der Waals surface area contributed by atoms with E-state index < -0.39 is 52.5 Å². The summed E-state index contributed by atoms with van der Waals surface area (Å²) in [6, 6.07) is 2.52. The molecule has 0 radical (unpaired) electrons. The van der Waals surface area contributed by atoms with Crippen LogP contribution in [0.5, 0.6) is 0 Å². The fourth-order valence-electron chi connectivity index (χ4n) is 3.38. The molecule has 254 valence electrons. The Hall–Kier alpha value is -3.29. The Labute approximate surface area is 291 Å². The first-order chi connectivity index (χ1) is 21.8. The zero-order valence-corrected chi connectivity index (χ0v) is 28.6. The number of rotatable bonds is 19. The van der Waals surface area contributed by atoms with Crippen LogP contribution in [0.1, 0.15) is 13.8 Å². The van der Waals surface area contributed by atoms with Crippen molar-refractivity contribution in [3.8, 4) is 0 Å². The van der Waals surface area contributed by atoms with E-state index in [2.05, 4.69) is 61.8 Å². The van der Waals surface area contributed by atoms with E-state index in [9.17, 15) is 33.4 Å². The molecule has 21 nitrogen and oxygen atoms in total. The predicted octanol–water partition coefficient (Wildman–Crippen LogP) is -5.43. The van der Waals surface area contributed by atoms with Gasteiger partial charge in [-0.2, -0.15) is 29.9 Å². The van der Waals surface area contributed by atoms with Crippen LogP contribution >= 0.6 is 0 Å². The molecule has 0 saturated heterocycles. The number of hydrogen-bond donors (Lipinski definition) is 12. The number of aliphatic hydroxyl groups excluding tert-OH is 6. The van der Waals surface area contributed by atoms with E-state index in [4.69, 9.17) is 10.2 Å². The zero-order valence-electron chi connectivity index (χ0n) is 25.8. The molecule has 0 aliphatic heterocycles. The van der Waals surface area contributed by atoms with Gasteiger partial charge in [-0.25, -0.2) is 8.42 Å². The summed E-state index contributed by atoms with van der Waals surface area (Å²) >= 11 is 0. The molecule has 3 rings (SSSR count). The maximum Gasteiger partial charge on any atom is 1.00 e. The van der Waals surface area contributed by atoms with E-state index in [1.807, 2.05) is 0 Å². The van der Waals surface area contributed by atoms with Gasteiger partial charge in [0, 0.05) is 36.5 Å². The molecule has 12 N–H and O–H groups in total. The minimum Gasteiger partial charge on any atom is -0.744 e. The molecule has 0 spiro atoms. The van der Waals surface area contributed by atoms with Crippen LogP contribution in [-0.4, -0.2) is 137 Å². The molecule has 0 saturated carbocycles. The van der Waals surface area contributed by atoms with Crippen molar-refractivity contribution in [2.75, 3.05) is 71.4 Å². The van der Waals surface area contributed by atoms with Crippen molar-refractivity contribution in [1.82, 2.24) is 29.9 Å². The summed E-state index contributed by atoms with van der Waals surface area (Å²) in [5.74, 6) is -0.351. The third-order valence-corrected chi connectivity index (χ3v) is 6.50. The Balaban J connectivity index is 0.00000768. The SMILES string of the molecule is CC(CO)Nc1nc(NCC(O)CO)nc(Nc2cc(Nc3nc(NCC(O)CO)nc(NC(C)CO)n3)cc(S(=O)(=O)[O-])c2)n1.[Na+]. The van der Waals surface area contributed by atoms with Gasteiger partial charge in [-0.3, -0.25) is 0 Å². The predicted molar refractivity (Wildman–Crippen MR) is 164 cm³/mol. The average molecular weight is 693 g/mol. The van der Waals surface area contributed by atoms with Crippen LogP contribution in [0, 0.1) is 0 Å². The summed E-state index contributed by atoms with van der Waals surface area (Å²) < 4.78 is 36.2. The van der Waals surface area contributed by atoms with Gasteiger partial charge in [0.25, 0.3) is 0 Å². The van der Waals surface area contributed by atoms with E-state index in [1.54, 1.807) is 13.8 Å². The molecular weight excluding hydrogens is 655 g/mol. The summed E-state index contributed by atoms with van der Waals surface area (Å²) in [7, 11) is -4.99. The minimum atomic E-state index is -4.99. The summed E-state index contributed by atoms with van der Waals surface area (Å²) in [5, 5.41) is 73.2. The molecule has 2 heterocycles. The second-order valence-corrected chi connectivity index (χ2v) is 11.3. The number of benzene rings is 1. The van der Waals surface area contributed by atoms with Gasteiger partial charge in [0.2, 0.25) is 35.7 Å². The van der Waals surface area contributed by atoms with E-state index in [0.29, 0.717) is 0 Å². The summed E-state index contributed by atoms with van der Waals surface area (Å²) in [4.78, 5) is 24.4. The van der Waals surface area contributed by atoms with Crippen LogP contribution in [0.2, 0.25) is 0 Å². The molecule has 0 bridgehead atoms. The zero-order chi connectivity index (χ0) is 33.9. The van der Waals surface area contributed by atoms with Gasteiger partial charge in [0.05, 0.1) is 43.5 Å². The number of anilines is 8. The molecule has 4 unspecified atom stereocenters. The van der Waals surface area contributed by atoms with Crippen LogP contribution in [0.3, 0.4) is 0 Å². The first-order valence-corrected chi connectivity index (χ1v) is 15.2. The van der Waals surface area contributed by atoms with Gasteiger partial charge in [-0.1, -0.05) is 0 Å². The fourth-order valence-corrected chi connectivity index (χ4v) is 3.92. The van der Waals surface area contributed by atoms with Crippen molar-refractivity contribution in [1.29, 1.82) is 0 Å². The van der Waals surface area contributed by atoms with Crippen molar-refractivity contribution < 1.29 is 73.2 Å². The van der Waals surface area contributed by atoms with Gasteiger partial charge in [0.15, 0.2) is 0 Å². The molecule has 0 amide bonds. The van der Waals surface area contributed by atoms with Crippen LogP contribution in [0.15, 0.2) is 23.1 Å². The fraction of sp³-hybridized carbons (Fsp3) is 0.500. The quantitative estimate of drug-likeness (QED) is 0.0412. The molecular formula is C24H37N12NaO9S. The second kappa shape index (κ2) is 18.9. The van der Waals surface area contributed by atoms with Crippen molar-refractivity contribution in [2.45, 2.75) is 43.0 Å². The molecule has 2 aromatic heterocycles. The van der Waals surface area contributed by atoms with Gasteiger partial charge in [0.1, 0.15) is 10.1 Å². The number of aromatic nitrogens is 6. The molecule has 1 aromatic carbocycles. The van der Waals surface area contributed by atoms with E-state index >= 15 is 0 Å². The molecule has 3 aromatic rings. The standard InChI is InChI=1S/C24H38N12O9S.Na/c1-12(8-37)27-21-31-19(25-6-16(41)10-39)33-23(35-21)29-14-3-15(5-18(4-14)46(43,44)45)30-24-34-20(26-7-17(42)11-40)32-22(36-24)28-13(2)9-38;/h3-5,12-13,16-17,37-42H,6-11H2,1-2H3,(H,43,44,45)(H3,25,27,29,31,33,35)(H3,26,28,30,32,34,36);/q;+1/p-1. The number of aliphatic hydroxyl groups is 6. The normalized spacial score (nSPS) is 13.8. The van der Waals surface area contributed by atoms with E-state index in [1.165, 1.54) is 6.07 Å². The molecule has 0 aliphatic carbocycles. The number of nitrogens with zero attached hydrogens (tertiary/aromatic N) is 6. The molecule has 47 heavy (non-hydrogen) atoms. The van der Waals surface area contributed by atoms with Gasteiger partial charge in [-0.05, 0) is 32.0 Å². The maximum atomic E-state index is 12.1. The molecule has 4 atom stereocenters. The smallest absolute Gasteiger partial charge is 0.744 e. The van der Waals surface area contributed by atoms with Crippen LogP contribution in [0.4, 0.5) is 47.1 Å². The van der Waals surface area contributed by atoms with Crippen molar-refractivity contribution in [2.24, 2.45) is 0 Å². The van der Waals surface area contributed by atoms with Crippen LogP contribution in [-0.2, 0) is 10.1 Å². The molecule has 23 heteroatoms. The van der Waals surface area contributed by atoms with Crippen molar-refractivity contribution >= 4 is 57.2 Å². The van der Waals surface area contributed by atoms with Gasteiger partial charge < -0.3 is 67.1 Å². The Morgan fingerprint density at radius 1 is 0.638 bits per heavy atom. The van der Waals surface area contributed by atoms with E-state index in [-0.39, 0.29) is 103 Å². The Morgan fingerprint density at radius 3 is 1.34 bits per heavy atom. The number of nitrogens with one attached hydrogen (secondary N) is 6. The Bertz CT molecular complexity index is 1450. The van der Waals surface area contributed by atoms with Crippen LogP contribution < -0.4 is 61.5 Å². The van der Waals surface area contributed by atoms with Gasteiger partial charge >= 0.3 is 29.6 Å².